The van der Waals surface area contributed by atoms with E-state index in [1.54, 1.807) is 31.2 Å². The van der Waals surface area contributed by atoms with Crippen LogP contribution in [0.15, 0.2) is 42.0 Å². The molecule has 0 aliphatic rings. The van der Waals surface area contributed by atoms with E-state index in [-0.39, 0.29) is 22.0 Å². The van der Waals surface area contributed by atoms with Gasteiger partial charge in [0.05, 0.1) is 20.7 Å². The summed E-state index contributed by atoms with van der Waals surface area (Å²) in [6.07, 6.45) is 1.30. The summed E-state index contributed by atoms with van der Waals surface area (Å²) >= 11 is 12.0. The van der Waals surface area contributed by atoms with Gasteiger partial charge in [0.2, 0.25) is 0 Å². The zero-order valence-corrected chi connectivity index (χ0v) is 14.4. The molecule has 0 heterocycles. The molecule has 0 unspecified atom stereocenters. The molecule has 0 fully saturated rings. The molecule has 0 spiro atoms. The standard InChI is InChI=1S/C17H11Cl2N3O3/c1-10-5-6-13(22(24)25)8-15(10)21-17(23)12(9-20)7-11-3-2-4-14(18)16(11)19/h2-8H,1H3,(H,21,23)/b12-7+. The average Bonchev–Trinajstić information content (AvgIpc) is 2.57. The number of hydrogen-bond donors (Lipinski definition) is 1. The number of nitrogens with one attached hydrogen (secondary N) is 1. The molecule has 25 heavy (non-hydrogen) atoms. The highest BCUT2D eigenvalue weighted by atomic mass is 35.5. The number of nitro groups is 1. The molecule has 0 saturated heterocycles. The zero-order chi connectivity index (χ0) is 18.6. The Morgan fingerprint density at radius 2 is 2.04 bits per heavy atom. The first kappa shape index (κ1) is 18.5. The van der Waals surface area contributed by atoms with Crippen molar-refractivity contribution in [2.45, 2.75) is 6.92 Å². The summed E-state index contributed by atoms with van der Waals surface area (Å²) in [5.74, 6) is -0.706. The van der Waals surface area contributed by atoms with Gasteiger partial charge < -0.3 is 5.32 Å². The minimum absolute atomic E-state index is 0.165. The average molecular weight is 376 g/mol. The van der Waals surface area contributed by atoms with Gasteiger partial charge in [0.1, 0.15) is 11.6 Å². The highest BCUT2D eigenvalue weighted by Crippen LogP contribution is 2.28. The van der Waals surface area contributed by atoms with E-state index in [2.05, 4.69) is 5.32 Å². The van der Waals surface area contributed by atoms with Crippen LogP contribution >= 0.6 is 23.2 Å². The van der Waals surface area contributed by atoms with Gasteiger partial charge in [-0.25, -0.2) is 0 Å². The van der Waals surface area contributed by atoms with Gasteiger partial charge in [-0.2, -0.15) is 5.26 Å². The van der Waals surface area contributed by atoms with Crippen molar-refractivity contribution in [1.82, 2.24) is 0 Å². The van der Waals surface area contributed by atoms with Gasteiger partial charge in [-0.05, 0) is 30.2 Å². The van der Waals surface area contributed by atoms with Crippen molar-refractivity contribution in [2.75, 3.05) is 5.32 Å². The van der Waals surface area contributed by atoms with Crippen LogP contribution in [0.25, 0.3) is 6.08 Å². The number of amides is 1. The predicted molar refractivity (Wildman–Crippen MR) is 96.5 cm³/mol. The number of halogens is 2. The largest absolute Gasteiger partial charge is 0.321 e. The molecule has 0 aliphatic carbocycles. The van der Waals surface area contributed by atoms with Crippen LogP contribution in [0.3, 0.4) is 0 Å². The molecule has 2 rings (SSSR count). The molecular formula is C17H11Cl2N3O3. The number of hydrogen-bond acceptors (Lipinski definition) is 4. The molecule has 0 saturated carbocycles. The van der Waals surface area contributed by atoms with Crippen LogP contribution < -0.4 is 5.32 Å². The van der Waals surface area contributed by atoms with Gasteiger partial charge in [-0.15, -0.1) is 0 Å². The molecule has 0 aliphatic heterocycles. The van der Waals surface area contributed by atoms with Gasteiger partial charge in [0.15, 0.2) is 0 Å². The number of nitriles is 1. The van der Waals surface area contributed by atoms with E-state index < -0.39 is 10.8 Å². The lowest BCUT2D eigenvalue weighted by atomic mass is 10.1. The second-order valence-corrected chi connectivity index (χ2v) is 5.81. The Labute approximate surface area is 153 Å². The molecule has 0 radical (unpaired) electrons. The summed E-state index contributed by atoms with van der Waals surface area (Å²) < 4.78 is 0. The fraction of sp³-hybridized carbons (Fsp3) is 0.0588. The van der Waals surface area contributed by atoms with Gasteiger partial charge in [-0.1, -0.05) is 41.4 Å². The van der Waals surface area contributed by atoms with Crippen molar-refractivity contribution < 1.29 is 9.72 Å². The van der Waals surface area contributed by atoms with E-state index in [4.69, 9.17) is 23.2 Å². The first-order chi connectivity index (χ1) is 11.8. The maximum Gasteiger partial charge on any atom is 0.271 e. The third-order valence-electron chi connectivity index (χ3n) is 3.33. The third-order valence-corrected chi connectivity index (χ3v) is 4.16. The second-order valence-electron chi connectivity index (χ2n) is 5.02. The Balaban J connectivity index is 2.34. The maximum absolute atomic E-state index is 12.3. The quantitative estimate of drug-likeness (QED) is 0.360. The summed E-state index contributed by atoms with van der Waals surface area (Å²) in [6, 6.07) is 10.7. The summed E-state index contributed by atoms with van der Waals surface area (Å²) in [6.45, 7) is 1.68. The number of carbonyl (C=O) groups is 1. The van der Waals surface area contributed by atoms with Crippen LogP contribution in [0.1, 0.15) is 11.1 Å². The molecule has 2 aromatic rings. The molecule has 1 amide bonds. The van der Waals surface area contributed by atoms with E-state index in [1.165, 1.54) is 24.3 Å². The van der Waals surface area contributed by atoms with Gasteiger partial charge in [0, 0.05) is 12.1 Å². The minimum atomic E-state index is -0.706. The number of carbonyl (C=O) groups excluding carboxylic acids is 1. The summed E-state index contributed by atoms with van der Waals surface area (Å²) in [5, 5.41) is 23.1. The molecule has 2 aromatic carbocycles. The first-order valence-corrected chi connectivity index (χ1v) is 7.71. The Morgan fingerprint density at radius 3 is 2.68 bits per heavy atom. The molecule has 6 nitrogen and oxygen atoms in total. The van der Waals surface area contributed by atoms with Crippen LogP contribution in [-0.4, -0.2) is 10.8 Å². The Bertz CT molecular complexity index is 933. The van der Waals surface area contributed by atoms with Crippen LogP contribution in [0, 0.1) is 28.4 Å². The molecule has 1 N–H and O–H groups in total. The lowest BCUT2D eigenvalue weighted by Gasteiger charge is -2.08. The van der Waals surface area contributed by atoms with E-state index in [0.29, 0.717) is 16.1 Å². The van der Waals surface area contributed by atoms with E-state index in [1.807, 2.05) is 0 Å². The van der Waals surface area contributed by atoms with Crippen molar-refractivity contribution in [3.05, 3.63) is 73.3 Å². The summed E-state index contributed by atoms with van der Waals surface area (Å²) in [5.41, 5.74) is 0.905. The monoisotopic (exact) mass is 375 g/mol. The highest BCUT2D eigenvalue weighted by molar-refractivity contribution is 6.43. The topological polar surface area (TPSA) is 96.0 Å². The smallest absolute Gasteiger partial charge is 0.271 e. The molecule has 8 heteroatoms. The normalized spacial score (nSPS) is 10.9. The molecule has 0 aromatic heterocycles. The maximum atomic E-state index is 12.3. The number of rotatable bonds is 4. The number of anilines is 1. The van der Waals surface area contributed by atoms with Crippen molar-refractivity contribution >= 4 is 46.6 Å². The van der Waals surface area contributed by atoms with Gasteiger partial charge in [0.25, 0.3) is 11.6 Å². The van der Waals surface area contributed by atoms with E-state index >= 15 is 0 Å². The van der Waals surface area contributed by atoms with Crippen LogP contribution in [0.2, 0.25) is 10.0 Å². The van der Waals surface area contributed by atoms with Crippen molar-refractivity contribution in [3.8, 4) is 6.07 Å². The lowest BCUT2D eigenvalue weighted by molar-refractivity contribution is -0.384. The minimum Gasteiger partial charge on any atom is -0.321 e. The van der Waals surface area contributed by atoms with E-state index in [0.717, 1.165) is 0 Å². The fourth-order valence-electron chi connectivity index (χ4n) is 1.98. The second kappa shape index (κ2) is 7.79. The third kappa shape index (κ3) is 4.35. The SMILES string of the molecule is Cc1ccc([N+](=O)[O-])cc1NC(=O)/C(C#N)=C/c1cccc(Cl)c1Cl. The van der Waals surface area contributed by atoms with Crippen LogP contribution in [0.4, 0.5) is 11.4 Å². The molecule has 126 valence electrons. The summed E-state index contributed by atoms with van der Waals surface area (Å²) in [4.78, 5) is 22.6. The van der Waals surface area contributed by atoms with Crippen LogP contribution in [-0.2, 0) is 4.79 Å². The van der Waals surface area contributed by atoms with E-state index in [9.17, 15) is 20.2 Å². The number of nitrogens with zero attached hydrogens (tertiary/aromatic N) is 2. The molecular weight excluding hydrogens is 365 g/mol. The predicted octanol–water partition coefficient (Wildman–Crippen LogP) is 4.76. The lowest BCUT2D eigenvalue weighted by Crippen LogP contribution is -2.14. The van der Waals surface area contributed by atoms with Crippen molar-refractivity contribution in [3.63, 3.8) is 0 Å². The first-order valence-electron chi connectivity index (χ1n) is 6.95. The number of non-ortho nitro benzene ring substituents is 1. The molecule has 0 atom stereocenters. The number of aryl methyl sites for hydroxylation is 1. The zero-order valence-electron chi connectivity index (χ0n) is 12.9. The number of benzene rings is 2. The number of nitro benzene ring substituents is 1. The fourth-order valence-corrected chi connectivity index (χ4v) is 2.35. The van der Waals surface area contributed by atoms with Crippen molar-refractivity contribution in [1.29, 1.82) is 5.26 Å². The van der Waals surface area contributed by atoms with Crippen molar-refractivity contribution in [2.24, 2.45) is 0 Å². The Hall–Kier alpha value is -2.88. The highest BCUT2D eigenvalue weighted by Gasteiger charge is 2.15. The summed E-state index contributed by atoms with van der Waals surface area (Å²) in [7, 11) is 0. The Morgan fingerprint density at radius 1 is 1.32 bits per heavy atom. The van der Waals surface area contributed by atoms with Gasteiger partial charge >= 0.3 is 0 Å². The van der Waals surface area contributed by atoms with Gasteiger partial charge in [-0.3, -0.25) is 14.9 Å². The van der Waals surface area contributed by atoms with Crippen LogP contribution in [0.5, 0.6) is 0 Å². The Kier molecular flexibility index (Phi) is 5.75. The molecule has 0 bridgehead atoms.